The Morgan fingerprint density at radius 2 is 2.31 bits per heavy atom. The van der Waals surface area contributed by atoms with Gasteiger partial charge in [0, 0.05) is 21.5 Å². The summed E-state index contributed by atoms with van der Waals surface area (Å²) in [5, 5.41) is 9.98. The summed E-state index contributed by atoms with van der Waals surface area (Å²) in [5.41, 5.74) is 3.00. The summed E-state index contributed by atoms with van der Waals surface area (Å²) in [5.74, 6) is 0. The van der Waals surface area contributed by atoms with Crippen LogP contribution in [0.3, 0.4) is 0 Å². The molecule has 0 radical (unpaired) electrons. The van der Waals surface area contributed by atoms with Gasteiger partial charge in [-0.25, -0.2) is 0 Å². The van der Waals surface area contributed by atoms with Gasteiger partial charge >= 0.3 is 0 Å². The minimum Gasteiger partial charge on any atom is -0.361 e. The van der Waals surface area contributed by atoms with Gasteiger partial charge < -0.3 is 4.98 Å². The van der Waals surface area contributed by atoms with Crippen LogP contribution in [0.4, 0.5) is 0 Å². The lowest BCUT2D eigenvalue weighted by atomic mass is 10.1. The first-order chi connectivity index (χ1) is 6.36. The van der Waals surface area contributed by atoms with Gasteiger partial charge in [-0.3, -0.25) is 0 Å². The number of H-pyrrole nitrogens is 1. The second-order valence-electron chi connectivity index (χ2n) is 2.79. The number of fused-ring (bicyclic) bond motifs is 1. The van der Waals surface area contributed by atoms with E-state index >= 15 is 0 Å². The van der Waals surface area contributed by atoms with Gasteiger partial charge in [0.25, 0.3) is 0 Å². The quantitative estimate of drug-likeness (QED) is 0.634. The number of hydrogen-bond acceptors (Lipinski definition) is 1. The highest BCUT2D eigenvalue weighted by molar-refractivity contribution is 14.1. The van der Waals surface area contributed by atoms with E-state index in [1.807, 2.05) is 24.4 Å². The van der Waals surface area contributed by atoms with Crippen molar-refractivity contribution in [1.82, 2.24) is 4.98 Å². The van der Waals surface area contributed by atoms with Gasteiger partial charge in [-0.1, -0.05) is 28.7 Å². The van der Waals surface area contributed by atoms with Crippen molar-refractivity contribution in [2.24, 2.45) is 0 Å². The molecule has 0 saturated heterocycles. The van der Waals surface area contributed by atoms with Gasteiger partial charge in [0.1, 0.15) is 0 Å². The van der Waals surface area contributed by atoms with Crippen molar-refractivity contribution in [3.05, 3.63) is 35.5 Å². The van der Waals surface area contributed by atoms with Gasteiger partial charge in [0.05, 0.1) is 11.6 Å². The van der Waals surface area contributed by atoms with Crippen LogP contribution in [0.1, 0.15) is 11.1 Å². The van der Waals surface area contributed by atoms with Crippen LogP contribution in [0.5, 0.6) is 0 Å². The molecule has 0 spiro atoms. The lowest BCUT2D eigenvalue weighted by Crippen LogP contribution is -1.79. The smallest absolute Gasteiger partial charge is 0.0998 e. The minimum absolute atomic E-state index is 0.755. The highest BCUT2D eigenvalue weighted by atomic mass is 127. The zero-order valence-corrected chi connectivity index (χ0v) is 9.00. The zero-order chi connectivity index (χ0) is 9.26. The Balaban J connectivity index is 2.85. The average molecular weight is 282 g/mol. The number of benzene rings is 1. The normalized spacial score (nSPS) is 10.2. The Labute approximate surface area is 89.7 Å². The highest BCUT2D eigenvalue weighted by Gasteiger charge is 2.05. The van der Waals surface area contributed by atoms with Crippen LogP contribution in [0, 0.1) is 11.3 Å². The lowest BCUT2D eigenvalue weighted by Gasteiger charge is -1.95. The third-order valence-corrected chi connectivity index (χ3v) is 2.87. The molecule has 64 valence electrons. The summed E-state index contributed by atoms with van der Waals surface area (Å²) >= 11 is 2.30. The maximum absolute atomic E-state index is 8.91. The molecule has 0 bridgehead atoms. The Morgan fingerprint density at radius 3 is 3.00 bits per heavy atom. The molecule has 1 N–H and O–H groups in total. The van der Waals surface area contributed by atoms with Crippen LogP contribution in [0.2, 0.25) is 0 Å². The second kappa shape index (κ2) is 3.38. The number of aromatic amines is 1. The monoisotopic (exact) mass is 282 g/mol. The Morgan fingerprint density at radius 1 is 1.46 bits per heavy atom. The van der Waals surface area contributed by atoms with Crippen molar-refractivity contribution in [3.8, 4) is 6.07 Å². The molecular weight excluding hydrogens is 275 g/mol. The second-order valence-corrected chi connectivity index (χ2v) is 3.55. The molecule has 3 heteroatoms. The first-order valence-electron chi connectivity index (χ1n) is 3.92. The summed E-state index contributed by atoms with van der Waals surface area (Å²) in [6.07, 6.45) is 1.97. The van der Waals surface area contributed by atoms with Crippen molar-refractivity contribution < 1.29 is 0 Å². The van der Waals surface area contributed by atoms with Gasteiger partial charge in [-0.05, 0) is 17.7 Å². The first kappa shape index (κ1) is 8.57. The number of alkyl halides is 1. The van der Waals surface area contributed by atoms with E-state index < -0.39 is 0 Å². The van der Waals surface area contributed by atoms with E-state index in [0.717, 1.165) is 20.9 Å². The van der Waals surface area contributed by atoms with Gasteiger partial charge in [0.2, 0.25) is 0 Å². The van der Waals surface area contributed by atoms with E-state index in [1.54, 1.807) is 0 Å². The van der Waals surface area contributed by atoms with Crippen molar-refractivity contribution >= 4 is 33.5 Å². The van der Waals surface area contributed by atoms with E-state index in [4.69, 9.17) is 5.26 Å². The van der Waals surface area contributed by atoms with Crippen LogP contribution < -0.4 is 0 Å². The predicted molar refractivity (Wildman–Crippen MR) is 60.7 cm³/mol. The van der Waals surface area contributed by atoms with E-state index in [-0.39, 0.29) is 0 Å². The largest absolute Gasteiger partial charge is 0.361 e. The number of nitrogens with zero attached hydrogens (tertiary/aromatic N) is 1. The third kappa shape index (κ3) is 1.31. The molecule has 0 aliphatic rings. The Hall–Kier alpha value is -1.02. The fourth-order valence-electron chi connectivity index (χ4n) is 1.45. The number of nitrogens with one attached hydrogen (secondary N) is 1. The molecule has 1 heterocycles. The van der Waals surface area contributed by atoms with Crippen molar-refractivity contribution in [2.75, 3.05) is 0 Å². The van der Waals surface area contributed by atoms with Crippen molar-refractivity contribution in [1.29, 1.82) is 5.26 Å². The molecule has 0 aliphatic heterocycles. The predicted octanol–water partition coefficient (Wildman–Crippen LogP) is 2.97. The third-order valence-electron chi connectivity index (χ3n) is 2.05. The Bertz CT molecular complexity index is 479. The summed E-state index contributed by atoms with van der Waals surface area (Å²) in [6, 6.07) is 7.95. The number of nitriles is 1. The first-order valence-corrected chi connectivity index (χ1v) is 5.44. The topological polar surface area (TPSA) is 39.6 Å². The van der Waals surface area contributed by atoms with Gasteiger partial charge in [-0.15, -0.1) is 0 Å². The summed E-state index contributed by atoms with van der Waals surface area (Å²) in [6.45, 7) is 0. The summed E-state index contributed by atoms with van der Waals surface area (Å²) in [7, 11) is 0. The van der Waals surface area contributed by atoms with Crippen LogP contribution in [-0.4, -0.2) is 4.98 Å². The van der Waals surface area contributed by atoms with Crippen LogP contribution in [0.15, 0.2) is 24.4 Å². The molecule has 0 atom stereocenters. The minimum atomic E-state index is 0.755. The van der Waals surface area contributed by atoms with Gasteiger partial charge in [0.15, 0.2) is 0 Å². The number of rotatable bonds is 1. The molecule has 0 saturated carbocycles. The van der Waals surface area contributed by atoms with Gasteiger partial charge in [-0.2, -0.15) is 5.26 Å². The molecule has 0 amide bonds. The molecule has 1 aromatic heterocycles. The molecule has 0 aliphatic carbocycles. The maximum atomic E-state index is 8.91. The van der Waals surface area contributed by atoms with Crippen molar-refractivity contribution in [3.63, 3.8) is 0 Å². The number of halogens is 1. The highest BCUT2D eigenvalue weighted by Crippen LogP contribution is 2.23. The molecule has 13 heavy (non-hydrogen) atoms. The lowest BCUT2D eigenvalue weighted by molar-refractivity contribution is 1.42. The summed E-state index contributed by atoms with van der Waals surface area (Å²) < 4.78 is 0.927. The molecule has 0 fully saturated rings. The molecular formula is C10H7IN2. The summed E-state index contributed by atoms with van der Waals surface area (Å²) in [4.78, 5) is 3.16. The maximum Gasteiger partial charge on any atom is 0.0998 e. The molecule has 0 unspecified atom stereocenters. The molecule has 2 rings (SSSR count). The molecule has 2 nitrogen and oxygen atoms in total. The zero-order valence-electron chi connectivity index (χ0n) is 6.84. The van der Waals surface area contributed by atoms with E-state index in [9.17, 15) is 0 Å². The van der Waals surface area contributed by atoms with Crippen LogP contribution >= 0.6 is 22.6 Å². The number of hydrogen-bond donors (Lipinski definition) is 1. The molecule has 1 aromatic carbocycles. The van der Waals surface area contributed by atoms with Crippen LogP contribution in [0.25, 0.3) is 10.9 Å². The van der Waals surface area contributed by atoms with E-state index in [1.165, 1.54) is 5.56 Å². The standard InChI is InChI=1S/C10H7IN2/c11-4-8-6-13-9-3-1-2-7(5-12)10(8)9/h1-3,6,13H,4H2. The SMILES string of the molecule is N#Cc1cccc2[nH]cc(CI)c12. The van der Waals surface area contributed by atoms with Crippen LogP contribution in [-0.2, 0) is 4.43 Å². The fourth-order valence-corrected chi connectivity index (χ4v) is 2.06. The molecule has 2 aromatic rings. The number of aromatic nitrogens is 1. The van der Waals surface area contributed by atoms with Crippen molar-refractivity contribution in [2.45, 2.75) is 4.43 Å². The Kier molecular flexibility index (Phi) is 2.23. The van der Waals surface area contributed by atoms with E-state index in [2.05, 4.69) is 33.6 Å². The average Bonchev–Trinajstić information content (AvgIpc) is 2.60. The fraction of sp³-hybridized carbons (Fsp3) is 0.100. The van der Waals surface area contributed by atoms with E-state index in [0.29, 0.717) is 0 Å².